The third-order valence-corrected chi connectivity index (χ3v) is 2.86. The molecule has 0 aliphatic rings. The zero-order valence-electron chi connectivity index (χ0n) is 10.4. The monoisotopic (exact) mass is 245 g/mol. The predicted molar refractivity (Wildman–Crippen MR) is 68.4 cm³/mol. The fourth-order valence-electron chi connectivity index (χ4n) is 1.88. The van der Waals surface area contributed by atoms with Crippen LogP contribution in [0.3, 0.4) is 0 Å². The second-order valence-corrected chi connectivity index (χ2v) is 4.14. The summed E-state index contributed by atoms with van der Waals surface area (Å²) in [6.45, 7) is 3.64. The highest BCUT2D eigenvalue weighted by atomic mass is 16.3. The van der Waals surface area contributed by atoms with Gasteiger partial charge in [-0.2, -0.15) is 0 Å². The number of nitrogens with one attached hydrogen (secondary N) is 1. The van der Waals surface area contributed by atoms with Crippen molar-refractivity contribution in [2.75, 3.05) is 6.61 Å². The van der Waals surface area contributed by atoms with E-state index in [1.165, 1.54) is 0 Å². The number of H-pyrrole nitrogens is 1. The van der Waals surface area contributed by atoms with Crippen molar-refractivity contribution in [3.8, 4) is 11.4 Å². The van der Waals surface area contributed by atoms with Gasteiger partial charge >= 0.3 is 0 Å². The summed E-state index contributed by atoms with van der Waals surface area (Å²) >= 11 is 0. The van der Waals surface area contributed by atoms with Crippen LogP contribution >= 0.6 is 0 Å². The summed E-state index contributed by atoms with van der Waals surface area (Å²) in [6, 6.07) is 1.82. The number of aliphatic hydroxyl groups is 1. The van der Waals surface area contributed by atoms with Gasteiger partial charge in [0.25, 0.3) is 5.56 Å². The van der Waals surface area contributed by atoms with Gasteiger partial charge in [0.1, 0.15) is 5.82 Å². The molecule has 0 aromatic carbocycles. The van der Waals surface area contributed by atoms with Gasteiger partial charge < -0.3 is 10.1 Å². The van der Waals surface area contributed by atoms with E-state index in [4.69, 9.17) is 5.11 Å². The summed E-state index contributed by atoms with van der Waals surface area (Å²) in [5, 5.41) is 8.91. The smallest absolute Gasteiger partial charge is 0.254 e. The first kappa shape index (κ1) is 12.4. The number of hydrogen-bond donors (Lipinski definition) is 2. The van der Waals surface area contributed by atoms with E-state index in [1.807, 2.05) is 13.0 Å². The lowest BCUT2D eigenvalue weighted by atomic mass is 10.1. The number of aryl methyl sites for hydroxylation is 2. The fourth-order valence-corrected chi connectivity index (χ4v) is 1.88. The number of rotatable bonds is 3. The quantitative estimate of drug-likeness (QED) is 0.845. The SMILES string of the molecule is Cc1cnccc1-c1nc(C)c(CCO)c(=O)[nH]1. The van der Waals surface area contributed by atoms with Crippen molar-refractivity contribution >= 4 is 0 Å². The van der Waals surface area contributed by atoms with E-state index in [2.05, 4.69) is 15.0 Å². The third kappa shape index (κ3) is 2.31. The lowest BCUT2D eigenvalue weighted by Gasteiger charge is -2.08. The van der Waals surface area contributed by atoms with Crippen LogP contribution < -0.4 is 5.56 Å². The lowest BCUT2D eigenvalue weighted by molar-refractivity contribution is 0.298. The maximum Gasteiger partial charge on any atom is 0.254 e. The van der Waals surface area contributed by atoms with Crippen LogP contribution in [0.1, 0.15) is 16.8 Å². The molecule has 0 fully saturated rings. The van der Waals surface area contributed by atoms with Crippen LogP contribution in [0.15, 0.2) is 23.3 Å². The van der Waals surface area contributed by atoms with Crippen molar-refractivity contribution in [2.45, 2.75) is 20.3 Å². The Morgan fingerprint density at radius 2 is 2.17 bits per heavy atom. The molecule has 0 aliphatic heterocycles. The summed E-state index contributed by atoms with van der Waals surface area (Å²) in [7, 11) is 0. The van der Waals surface area contributed by atoms with Gasteiger partial charge in [-0.25, -0.2) is 4.98 Å². The molecule has 5 heteroatoms. The van der Waals surface area contributed by atoms with E-state index < -0.39 is 0 Å². The topological polar surface area (TPSA) is 78.9 Å². The van der Waals surface area contributed by atoms with Gasteiger partial charge in [0.2, 0.25) is 0 Å². The number of aliphatic hydroxyl groups excluding tert-OH is 1. The highest BCUT2D eigenvalue weighted by molar-refractivity contribution is 5.58. The molecule has 0 unspecified atom stereocenters. The number of pyridine rings is 1. The third-order valence-electron chi connectivity index (χ3n) is 2.86. The Labute approximate surface area is 105 Å². The average Bonchev–Trinajstić information content (AvgIpc) is 2.34. The minimum Gasteiger partial charge on any atom is -0.396 e. The van der Waals surface area contributed by atoms with Crippen molar-refractivity contribution in [2.24, 2.45) is 0 Å². The summed E-state index contributed by atoms with van der Waals surface area (Å²) in [6.07, 6.45) is 3.72. The molecule has 0 saturated heterocycles. The molecule has 0 atom stereocenters. The molecule has 0 aliphatic carbocycles. The van der Waals surface area contributed by atoms with Crippen LogP contribution in [-0.4, -0.2) is 26.7 Å². The van der Waals surface area contributed by atoms with Crippen LogP contribution in [0, 0.1) is 13.8 Å². The molecule has 5 nitrogen and oxygen atoms in total. The molecule has 0 amide bonds. The van der Waals surface area contributed by atoms with Gasteiger partial charge in [0.15, 0.2) is 0 Å². The van der Waals surface area contributed by atoms with Crippen molar-refractivity contribution < 1.29 is 5.11 Å². The van der Waals surface area contributed by atoms with Gasteiger partial charge in [0.05, 0.1) is 0 Å². The zero-order chi connectivity index (χ0) is 13.1. The number of aromatic amines is 1. The number of nitrogens with zero attached hydrogens (tertiary/aromatic N) is 2. The molecule has 2 N–H and O–H groups in total. The van der Waals surface area contributed by atoms with Crippen molar-refractivity contribution in [3.63, 3.8) is 0 Å². The van der Waals surface area contributed by atoms with Crippen LogP contribution in [0.2, 0.25) is 0 Å². The molecule has 94 valence electrons. The molecule has 2 rings (SSSR count). The molecule has 0 bridgehead atoms. The van der Waals surface area contributed by atoms with Gasteiger partial charge in [-0.15, -0.1) is 0 Å². The van der Waals surface area contributed by atoms with Gasteiger partial charge in [-0.05, 0) is 25.5 Å². The summed E-state index contributed by atoms with van der Waals surface area (Å²) in [4.78, 5) is 23.1. The highest BCUT2D eigenvalue weighted by Crippen LogP contribution is 2.17. The largest absolute Gasteiger partial charge is 0.396 e. The van der Waals surface area contributed by atoms with Gasteiger partial charge in [0, 0.05) is 42.2 Å². The predicted octanol–water partition coefficient (Wildman–Crippen LogP) is 0.984. The maximum absolute atomic E-state index is 11.9. The minimum absolute atomic E-state index is 0.0563. The van der Waals surface area contributed by atoms with Crippen LogP contribution in [0.5, 0.6) is 0 Å². The molecule has 2 aromatic rings. The molecule has 18 heavy (non-hydrogen) atoms. The van der Waals surface area contributed by atoms with Gasteiger partial charge in [-0.1, -0.05) is 0 Å². The molecule has 0 saturated carbocycles. The summed E-state index contributed by atoms with van der Waals surface area (Å²) in [5.41, 5.74) is 2.81. The Morgan fingerprint density at radius 3 is 2.78 bits per heavy atom. The fraction of sp³-hybridized carbons (Fsp3) is 0.308. The molecule has 0 spiro atoms. The molecular formula is C13H15N3O2. The Morgan fingerprint density at radius 1 is 1.39 bits per heavy atom. The molecule has 0 radical (unpaired) electrons. The Bertz CT molecular complexity index is 620. The van der Waals surface area contributed by atoms with E-state index in [0.717, 1.165) is 11.1 Å². The molecular weight excluding hydrogens is 230 g/mol. The standard InChI is InChI=1S/C13H15N3O2/c1-8-7-14-5-3-10(8)12-15-9(2)11(4-6-17)13(18)16-12/h3,5,7,17H,4,6H2,1-2H3,(H,15,16,18). The second kappa shape index (κ2) is 5.10. The maximum atomic E-state index is 11.9. The van der Waals surface area contributed by atoms with E-state index in [1.54, 1.807) is 19.3 Å². The first-order valence-electron chi connectivity index (χ1n) is 5.75. The van der Waals surface area contributed by atoms with Crippen molar-refractivity contribution in [3.05, 3.63) is 45.6 Å². The molecule has 2 heterocycles. The van der Waals surface area contributed by atoms with Crippen molar-refractivity contribution in [1.29, 1.82) is 0 Å². The minimum atomic E-state index is -0.192. The average molecular weight is 245 g/mol. The van der Waals surface area contributed by atoms with Crippen molar-refractivity contribution in [1.82, 2.24) is 15.0 Å². The van der Waals surface area contributed by atoms with Gasteiger partial charge in [-0.3, -0.25) is 9.78 Å². The van der Waals surface area contributed by atoms with E-state index >= 15 is 0 Å². The van der Waals surface area contributed by atoms with E-state index in [0.29, 0.717) is 23.5 Å². The number of aromatic nitrogens is 3. The molecule has 2 aromatic heterocycles. The Kier molecular flexibility index (Phi) is 3.53. The number of hydrogen-bond acceptors (Lipinski definition) is 4. The summed E-state index contributed by atoms with van der Waals surface area (Å²) < 4.78 is 0. The normalized spacial score (nSPS) is 10.6. The Hall–Kier alpha value is -2.01. The highest BCUT2D eigenvalue weighted by Gasteiger charge is 2.10. The lowest BCUT2D eigenvalue weighted by Crippen LogP contribution is -2.18. The summed E-state index contributed by atoms with van der Waals surface area (Å²) in [5.74, 6) is 0.541. The van der Waals surface area contributed by atoms with E-state index in [-0.39, 0.29) is 12.2 Å². The van der Waals surface area contributed by atoms with Crippen LogP contribution in [0.25, 0.3) is 11.4 Å². The van der Waals surface area contributed by atoms with Crippen LogP contribution in [0.4, 0.5) is 0 Å². The van der Waals surface area contributed by atoms with E-state index in [9.17, 15) is 4.79 Å². The zero-order valence-corrected chi connectivity index (χ0v) is 10.4. The second-order valence-electron chi connectivity index (χ2n) is 4.14. The first-order chi connectivity index (χ1) is 8.63. The Balaban J connectivity index is 2.55. The van der Waals surface area contributed by atoms with Crippen LogP contribution in [-0.2, 0) is 6.42 Å². The first-order valence-corrected chi connectivity index (χ1v) is 5.75.